The van der Waals surface area contributed by atoms with Gasteiger partial charge in [-0.25, -0.2) is 0 Å². The van der Waals surface area contributed by atoms with Crippen LogP contribution in [-0.2, 0) is 33.2 Å². The molecule has 21 nitrogen and oxygen atoms in total. The molecule has 0 radical (unpaired) electrons. The third-order valence-corrected chi connectivity index (χ3v) is 8.51. The van der Waals surface area contributed by atoms with Gasteiger partial charge in [0, 0.05) is 0 Å². The van der Waals surface area contributed by atoms with Gasteiger partial charge in [0.25, 0.3) is 0 Å². The van der Waals surface area contributed by atoms with E-state index in [4.69, 9.17) is 33.2 Å². The quantitative estimate of drug-likeness (QED) is 0.0867. The summed E-state index contributed by atoms with van der Waals surface area (Å²) < 4.78 is 37.8. The molecule has 4 aliphatic heterocycles. The van der Waals surface area contributed by atoms with Crippen molar-refractivity contribution in [3.05, 3.63) is 0 Å². The third-order valence-electron chi connectivity index (χ3n) is 8.51. The molecule has 264 valence electrons. The van der Waals surface area contributed by atoms with Gasteiger partial charge in [-0.05, 0) is 0 Å². The average Bonchev–Trinajstić information content (AvgIpc) is 3.55. The lowest BCUT2D eigenvalue weighted by Crippen LogP contribution is -2.63. The van der Waals surface area contributed by atoms with Crippen LogP contribution < -0.4 is 0 Å². The summed E-state index contributed by atoms with van der Waals surface area (Å²) in [5, 5.41) is 142. The molecule has 0 unspecified atom stereocenters. The van der Waals surface area contributed by atoms with Crippen LogP contribution in [0.1, 0.15) is 0 Å². The molecule has 0 aromatic carbocycles. The fraction of sp³-hybridized carbons (Fsp3) is 1.00. The van der Waals surface area contributed by atoms with Crippen molar-refractivity contribution in [2.45, 2.75) is 103 Å². The molecule has 0 saturated carbocycles. The molecular weight excluding hydrogens is 624 g/mol. The molecule has 0 aromatic rings. The third kappa shape index (κ3) is 6.49. The van der Waals surface area contributed by atoms with Crippen molar-refractivity contribution in [3.8, 4) is 0 Å². The van der Waals surface area contributed by atoms with Crippen LogP contribution in [0.2, 0.25) is 0 Å². The van der Waals surface area contributed by atoms with E-state index in [0.29, 0.717) is 0 Å². The second-order valence-electron chi connectivity index (χ2n) is 11.3. The Labute approximate surface area is 254 Å². The van der Waals surface area contributed by atoms with Crippen molar-refractivity contribution >= 4 is 0 Å². The van der Waals surface area contributed by atoms with Crippen LogP contribution in [-0.4, -0.2) is 221 Å². The van der Waals surface area contributed by atoms with E-state index in [0.717, 1.165) is 0 Å². The van der Waals surface area contributed by atoms with Gasteiger partial charge in [-0.1, -0.05) is 0 Å². The first-order valence-electron chi connectivity index (χ1n) is 14.0. The molecule has 4 rings (SSSR count). The summed E-state index contributed by atoms with van der Waals surface area (Å²) in [4.78, 5) is 0. The average molecular weight is 667 g/mol. The Kier molecular flexibility index (Phi) is 11.8. The van der Waals surface area contributed by atoms with Gasteiger partial charge in [0.15, 0.2) is 6.29 Å². The van der Waals surface area contributed by atoms with E-state index in [2.05, 4.69) is 0 Å². The summed E-state index contributed by atoms with van der Waals surface area (Å²) in [5.41, 5.74) is 0. The zero-order valence-electron chi connectivity index (χ0n) is 23.7. The molecule has 4 heterocycles. The molecule has 45 heavy (non-hydrogen) atoms. The fourth-order valence-corrected chi connectivity index (χ4v) is 5.65. The normalized spacial score (nSPS) is 52.1. The van der Waals surface area contributed by atoms with E-state index in [1.165, 1.54) is 0 Å². The van der Waals surface area contributed by atoms with Gasteiger partial charge in [0.2, 0.25) is 17.4 Å². The van der Waals surface area contributed by atoms with E-state index < -0.39 is 149 Å². The zero-order chi connectivity index (χ0) is 33.5. The Hall–Kier alpha value is -0.840. The molecule has 0 spiro atoms. The molecule has 4 aliphatic rings. The highest BCUT2D eigenvalue weighted by Gasteiger charge is 2.61. The van der Waals surface area contributed by atoms with Crippen molar-refractivity contribution in [1.29, 1.82) is 0 Å². The zero-order valence-corrected chi connectivity index (χ0v) is 23.7. The maximum absolute atomic E-state index is 10.7. The second-order valence-corrected chi connectivity index (χ2v) is 11.3. The van der Waals surface area contributed by atoms with Crippen molar-refractivity contribution in [2.75, 3.05) is 46.2 Å². The molecule has 14 N–H and O–H groups in total. The molecule has 0 amide bonds. The smallest absolute Gasteiger partial charge is 0.224 e. The number of ether oxygens (including phenoxy) is 7. The molecule has 0 bridgehead atoms. The minimum absolute atomic E-state index is 0.735. The first-order chi connectivity index (χ1) is 21.2. The van der Waals surface area contributed by atoms with Crippen molar-refractivity contribution in [3.63, 3.8) is 0 Å². The SMILES string of the molecule is OC[C@H]1O[C@@](CO)(OC[C@H]2O[C@@](CO)(OC[C@H]3O[C@H](O[C@]4(CO)O[C@H](CO)[C@@H](O)[C@@H]4O)[C@H](O)[C@@H](O)[C@@H]3O)[C@@H](O)[C@@H]2O)[C@@H](O)[C@@H]1O. The van der Waals surface area contributed by atoms with Gasteiger partial charge in [-0.15, -0.1) is 0 Å². The lowest BCUT2D eigenvalue weighted by molar-refractivity contribution is -0.389. The molecule has 21 heteroatoms. The minimum atomic E-state index is -2.45. The molecule has 4 saturated heterocycles. The maximum atomic E-state index is 10.7. The summed E-state index contributed by atoms with van der Waals surface area (Å²) in [6.45, 7) is -6.37. The fourth-order valence-electron chi connectivity index (χ4n) is 5.65. The maximum Gasteiger partial charge on any atom is 0.224 e. The highest BCUT2D eigenvalue weighted by Crippen LogP contribution is 2.39. The first-order valence-corrected chi connectivity index (χ1v) is 14.0. The molecule has 0 aliphatic carbocycles. The summed E-state index contributed by atoms with van der Waals surface area (Å²) in [5.74, 6) is -7.14. The number of hydrogen-bond acceptors (Lipinski definition) is 21. The molecule has 4 fully saturated rings. The monoisotopic (exact) mass is 666 g/mol. The van der Waals surface area contributed by atoms with Crippen LogP contribution in [0.25, 0.3) is 0 Å². The van der Waals surface area contributed by atoms with Crippen LogP contribution in [0.4, 0.5) is 0 Å². The Morgan fingerprint density at radius 1 is 0.444 bits per heavy atom. The summed E-state index contributed by atoms with van der Waals surface area (Å²) in [6.07, 6.45) is -24.9. The predicted molar refractivity (Wildman–Crippen MR) is 134 cm³/mol. The predicted octanol–water partition coefficient (Wildman–Crippen LogP) is -9.74. The van der Waals surface area contributed by atoms with Gasteiger partial charge in [-0.3, -0.25) is 0 Å². The first kappa shape index (κ1) is 37.0. The largest absolute Gasteiger partial charge is 0.394 e. The van der Waals surface area contributed by atoms with Crippen molar-refractivity contribution < 1.29 is 105 Å². The van der Waals surface area contributed by atoms with Gasteiger partial charge in [0.1, 0.15) is 99.2 Å². The highest BCUT2D eigenvalue weighted by atomic mass is 16.8. The topological polar surface area (TPSA) is 348 Å². The van der Waals surface area contributed by atoms with E-state index in [1.807, 2.05) is 0 Å². The Morgan fingerprint density at radius 3 is 1.29 bits per heavy atom. The highest BCUT2D eigenvalue weighted by molar-refractivity contribution is 5.01. The Bertz CT molecular complexity index is 964. The minimum Gasteiger partial charge on any atom is -0.394 e. The number of aliphatic hydroxyl groups excluding tert-OH is 14. The number of aliphatic hydroxyl groups is 14. The van der Waals surface area contributed by atoms with Gasteiger partial charge < -0.3 is 105 Å². The van der Waals surface area contributed by atoms with Gasteiger partial charge in [0.05, 0.1) is 26.4 Å². The Morgan fingerprint density at radius 2 is 0.844 bits per heavy atom. The Balaban J connectivity index is 1.43. The summed E-state index contributed by atoms with van der Waals surface area (Å²) in [6, 6.07) is 0. The summed E-state index contributed by atoms with van der Waals surface area (Å²) >= 11 is 0. The van der Waals surface area contributed by atoms with Crippen LogP contribution in [0, 0.1) is 0 Å². The van der Waals surface area contributed by atoms with E-state index in [1.54, 1.807) is 0 Å². The van der Waals surface area contributed by atoms with Crippen molar-refractivity contribution in [1.82, 2.24) is 0 Å². The van der Waals surface area contributed by atoms with Crippen LogP contribution in [0.3, 0.4) is 0 Å². The van der Waals surface area contributed by atoms with Crippen LogP contribution >= 0.6 is 0 Å². The lowest BCUT2D eigenvalue weighted by Gasteiger charge is -2.44. The molecular formula is C24H42O21. The number of hydrogen-bond donors (Lipinski definition) is 14. The summed E-state index contributed by atoms with van der Waals surface area (Å²) in [7, 11) is 0. The standard InChI is InChI=1S/C24H42O21/c25-1-8-13(31)18(36)22(5-27,42-8)40-4-11-15(33)19(37)23(6-28,44-11)39-3-10-12(30)16(34)17(35)21(41-10)45-24(7-29)20(38)14(32)9(2-26)43-24/h8-21,25-38H,1-7H2/t8-,9-,10-,11-,12-,13-,14-,15-,16+,17-,18+,19+,20+,21-,22-,23-,24+/m1/s1. The number of rotatable bonds is 13. The van der Waals surface area contributed by atoms with Gasteiger partial charge >= 0.3 is 0 Å². The van der Waals surface area contributed by atoms with E-state index in [-0.39, 0.29) is 0 Å². The van der Waals surface area contributed by atoms with E-state index >= 15 is 0 Å². The van der Waals surface area contributed by atoms with Crippen molar-refractivity contribution in [2.24, 2.45) is 0 Å². The second kappa shape index (κ2) is 14.3. The van der Waals surface area contributed by atoms with Gasteiger partial charge in [-0.2, -0.15) is 0 Å². The van der Waals surface area contributed by atoms with Crippen LogP contribution in [0.5, 0.6) is 0 Å². The lowest BCUT2D eigenvalue weighted by atomic mass is 9.98. The molecule has 0 aromatic heterocycles. The molecule has 17 atom stereocenters. The van der Waals surface area contributed by atoms with Crippen LogP contribution in [0.15, 0.2) is 0 Å². The van der Waals surface area contributed by atoms with E-state index in [9.17, 15) is 71.5 Å².